The lowest BCUT2D eigenvalue weighted by Gasteiger charge is -2.47. The summed E-state index contributed by atoms with van der Waals surface area (Å²) in [5.41, 5.74) is 1.34. The zero-order valence-corrected chi connectivity index (χ0v) is 17.8. The molecule has 1 spiro atoms. The highest BCUT2D eigenvalue weighted by molar-refractivity contribution is 5.16. The molecule has 0 bridgehead atoms. The Morgan fingerprint density at radius 2 is 1.75 bits per heavy atom. The van der Waals surface area contributed by atoms with E-state index >= 15 is 0 Å². The molecule has 1 saturated carbocycles. The monoisotopic (exact) mass is 390 g/mol. The van der Waals surface area contributed by atoms with Crippen LogP contribution in [0.15, 0.2) is 37.0 Å². The molecular formula is C24H38O4. The first kappa shape index (κ1) is 21.8. The van der Waals surface area contributed by atoms with E-state index in [0.29, 0.717) is 5.92 Å². The van der Waals surface area contributed by atoms with Gasteiger partial charge in [-0.3, -0.25) is 0 Å². The average molecular weight is 391 g/mol. The van der Waals surface area contributed by atoms with Crippen LogP contribution in [0.4, 0.5) is 0 Å². The summed E-state index contributed by atoms with van der Waals surface area (Å²) in [6.45, 7) is 15.5. The van der Waals surface area contributed by atoms with Gasteiger partial charge >= 0.3 is 0 Å². The van der Waals surface area contributed by atoms with Crippen LogP contribution in [-0.2, 0) is 18.9 Å². The van der Waals surface area contributed by atoms with Crippen LogP contribution in [0.25, 0.3) is 0 Å². The molecule has 0 aromatic rings. The zero-order chi connectivity index (χ0) is 20.1. The predicted octanol–water partition coefficient (Wildman–Crippen LogP) is 5.55. The van der Waals surface area contributed by atoms with Crippen molar-refractivity contribution in [3.63, 3.8) is 0 Å². The van der Waals surface area contributed by atoms with E-state index in [1.54, 1.807) is 0 Å². The molecule has 4 heteroatoms. The third-order valence-electron chi connectivity index (χ3n) is 6.89. The Balaban J connectivity index is 1.51. The molecule has 0 radical (unpaired) electrons. The van der Waals surface area contributed by atoms with Gasteiger partial charge in [0, 0.05) is 19.3 Å². The third-order valence-corrected chi connectivity index (χ3v) is 6.89. The molecule has 0 aromatic heterocycles. The molecule has 2 saturated heterocycles. The smallest absolute Gasteiger partial charge is 0.169 e. The molecule has 2 atom stereocenters. The molecule has 0 N–H and O–H groups in total. The molecule has 0 unspecified atom stereocenters. The molecule has 3 fully saturated rings. The SMILES string of the molecule is C=C/C(=C/CC[C@H]1CCC2(C[C@]1(C)C=C)OCCO2)CCC1(C)OCCCO1. The summed E-state index contributed by atoms with van der Waals surface area (Å²) >= 11 is 0. The zero-order valence-electron chi connectivity index (χ0n) is 17.8. The highest BCUT2D eigenvalue weighted by Gasteiger charge is 2.49. The lowest BCUT2D eigenvalue weighted by Crippen LogP contribution is -2.45. The molecular weight excluding hydrogens is 352 g/mol. The summed E-state index contributed by atoms with van der Waals surface area (Å²) in [4.78, 5) is 0. The van der Waals surface area contributed by atoms with Crippen molar-refractivity contribution in [1.29, 1.82) is 0 Å². The molecule has 2 heterocycles. The van der Waals surface area contributed by atoms with Crippen molar-refractivity contribution in [3.8, 4) is 0 Å². The Morgan fingerprint density at radius 3 is 2.39 bits per heavy atom. The fraction of sp³-hybridized carbons (Fsp3) is 0.750. The van der Waals surface area contributed by atoms with Crippen LogP contribution in [0.3, 0.4) is 0 Å². The first-order valence-electron chi connectivity index (χ1n) is 10.9. The highest BCUT2D eigenvalue weighted by atomic mass is 16.7. The Morgan fingerprint density at radius 1 is 1.04 bits per heavy atom. The van der Waals surface area contributed by atoms with E-state index in [4.69, 9.17) is 18.9 Å². The maximum absolute atomic E-state index is 5.97. The van der Waals surface area contributed by atoms with Crippen molar-refractivity contribution in [2.24, 2.45) is 11.3 Å². The molecule has 2 aliphatic heterocycles. The summed E-state index contributed by atoms with van der Waals surface area (Å²) in [6.07, 6.45) is 14.5. The molecule has 28 heavy (non-hydrogen) atoms. The van der Waals surface area contributed by atoms with Gasteiger partial charge in [0.2, 0.25) is 0 Å². The minimum absolute atomic E-state index is 0.0576. The van der Waals surface area contributed by atoms with E-state index in [9.17, 15) is 0 Å². The maximum atomic E-state index is 5.97. The van der Waals surface area contributed by atoms with Gasteiger partial charge in [-0.05, 0) is 50.4 Å². The highest BCUT2D eigenvalue weighted by Crippen LogP contribution is 2.51. The summed E-state index contributed by atoms with van der Waals surface area (Å²) in [7, 11) is 0. The number of rotatable bonds is 8. The van der Waals surface area contributed by atoms with Crippen LogP contribution in [0.5, 0.6) is 0 Å². The molecule has 1 aliphatic carbocycles. The summed E-state index contributed by atoms with van der Waals surface area (Å²) in [5, 5.41) is 0. The largest absolute Gasteiger partial charge is 0.350 e. The molecule has 0 aromatic carbocycles. The maximum Gasteiger partial charge on any atom is 0.169 e. The lowest BCUT2D eigenvalue weighted by molar-refractivity contribution is -0.258. The van der Waals surface area contributed by atoms with Gasteiger partial charge in [0.15, 0.2) is 11.6 Å². The van der Waals surface area contributed by atoms with Gasteiger partial charge in [0.05, 0.1) is 26.4 Å². The van der Waals surface area contributed by atoms with Crippen molar-refractivity contribution >= 4 is 0 Å². The Hall–Kier alpha value is -0.940. The standard InChI is InChI=1S/C24H38O4/c1-5-20(11-13-23(4)25-15-8-16-26-23)9-7-10-21-12-14-24(27-17-18-28-24)19-22(21,3)6-2/h5-6,9,21H,1-2,7-8,10-19H2,3-4H3/b20-9-/t21-,22-/m0/s1. The molecule has 158 valence electrons. The van der Waals surface area contributed by atoms with Crippen molar-refractivity contribution in [2.75, 3.05) is 26.4 Å². The van der Waals surface area contributed by atoms with Crippen LogP contribution in [0.2, 0.25) is 0 Å². The van der Waals surface area contributed by atoms with E-state index in [2.05, 4.69) is 32.2 Å². The van der Waals surface area contributed by atoms with Gasteiger partial charge in [-0.25, -0.2) is 0 Å². The van der Waals surface area contributed by atoms with E-state index in [1.807, 2.05) is 13.0 Å². The van der Waals surface area contributed by atoms with Crippen LogP contribution in [0, 0.1) is 11.3 Å². The molecule has 3 aliphatic rings. The van der Waals surface area contributed by atoms with Gasteiger partial charge in [-0.15, -0.1) is 6.58 Å². The fourth-order valence-corrected chi connectivity index (χ4v) is 4.94. The summed E-state index contributed by atoms with van der Waals surface area (Å²) < 4.78 is 23.6. The normalized spacial score (nSPS) is 32.4. The van der Waals surface area contributed by atoms with E-state index in [-0.39, 0.29) is 11.2 Å². The quantitative estimate of drug-likeness (QED) is 0.402. The van der Waals surface area contributed by atoms with Crippen LogP contribution < -0.4 is 0 Å². The van der Waals surface area contributed by atoms with E-state index in [1.165, 1.54) is 5.57 Å². The minimum Gasteiger partial charge on any atom is -0.350 e. The Kier molecular flexibility index (Phi) is 7.19. The average Bonchev–Trinajstić information content (AvgIpc) is 3.14. The second-order valence-corrected chi connectivity index (χ2v) is 8.97. The van der Waals surface area contributed by atoms with Gasteiger partial charge in [0.1, 0.15) is 0 Å². The van der Waals surface area contributed by atoms with Crippen LogP contribution >= 0.6 is 0 Å². The lowest BCUT2D eigenvalue weighted by atomic mass is 9.64. The molecule has 4 nitrogen and oxygen atoms in total. The minimum atomic E-state index is -0.444. The predicted molar refractivity (Wildman–Crippen MR) is 112 cm³/mol. The fourth-order valence-electron chi connectivity index (χ4n) is 4.94. The summed E-state index contributed by atoms with van der Waals surface area (Å²) in [5.74, 6) is -0.203. The van der Waals surface area contributed by atoms with Gasteiger partial charge in [-0.1, -0.05) is 37.3 Å². The van der Waals surface area contributed by atoms with Crippen molar-refractivity contribution in [3.05, 3.63) is 37.0 Å². The van der Waals surface area contributed by atoms with Crippen molar-refractivity contribution < 1.29 is 18.9 Å². The second-order valence-electron chi connectivity index (χ2n) is 8.97. The Bertz CT molecular complexity index is 569. The second kappa shape index (κ2) is 9.25. The van der Waals surface area contributed by atoms with E-state index in [0.717, 1.165) is 77.8 Å². The molecule has 3 rings (SSSR count). The van der Waals surface area contributed by atoms with Gasteiger partial charge < -0.3 is 18.9 Å². The van der Waals surface area contributed by atoms with Gasteiger partial charge in [0.25, 0.3) is 0 Å². The van der Waals surface area contributed by atoms with E-state index < -0.39 is 5.79 Å². The van der Waals surface area contributed by atoms with Gasteiger partial charge in [-0.2, -0.15) is 0 Å². The third kappa shape index (κ3) is 5.15. The Labute approximate surface area is 171 Å². The van der Waals surface area contributed by atoms with Crippen LogP contribution in [0.1, 0.15) is 65.2 Å². The number of hydrogen-bond donors (Lipinski definition) is 0. The summed E-state index contributed by atoms with van der Waals surface area (Å²) in [6, 6.07) is 0. The first-order valence-corrected chi connectivity index (χ1v) is 10.9. The molecule has 0 amide bonds. The topological polar surface area (TPSA) is 36.9 Å². The first-order chi connectivity index (χ1) is 13.4. The van der Waals surface area contributed by atoms with Crippen LogP contribution in [-0.4, -0.2) is 38.0 Å². The number of ether oxygens (including phenoxy) is 4. The van der Waals surface area contributed by atoms with Crippen molar-refractivity contribution in [2.45, 2.75) is 76.8 Å². The number of hydrogen-bond acceptors (Lipinski definition) is 4. The van der Waals surface area contributed by atoms with Crippen molar-refractivity contribution in [1.82, 2.24) is 0 Å². The number of allylic oxidation sites excluding steroid dienone is 4.